The van der Waals surface area contributed by atoms with Gasteiger partial charge in [-0.3, -0.25) is 4.79 Å². The predicted molar refractivity (Wildman–Crippen MR) is 63.4 cm³/mol. The van der Waals surface area contributed by atoms with E-state index in [-0.39, 0.29) is 5.12 Å². The molecule has 0 atom stereocenters. The fraction of sp³-hybridized carbons (Fsp3) is 0.250. The summed E-state index contributed by atoms with van der Waals surface area (Å²) in [6, 6.07) is 8.28. The Morgan fingerprint density at radius 2 is 2.29 bits per heavy atom. The summed E-state index contributed by atoms with van der Waals surface area (Å²) in [5.41, 5.74) is 2.44. The Morgan fingerprint density at radius 3 is 2.93 bits per heavy atom. The van der Waals surface area contributed by atoms with Gasteiger partial charge in [0.25, 0.3) is 0 Å². The molecule has 0 spiro atoms. The molecule has 0 amide bonds. The summed E-state index contributed by atoms with van der Waals surface area (Å²) >= 11 is 1.33. The molecule has 0 radical (unpaired) electrons. The van der Waals surface area contributed by atoms with Crippen LogP contribution in [0.1, 0.15) is 18.1 Å². The molecule has 0 saturated heterocycles. The topological polar surface area (TPSA) is 17.1 Å². The lowest BCUT2D eigenvalue weighted by Gasteiger charge is -1.95. The zero-order valence-electron chi connectivity index (χ0n) is 8.49. The molecule has 0 bridgehead atoms. The van der Waals surface area contributed by atoms with Gasteiger partial charge in [-0.05, 0) is 12.5 Å². The van der Waals surface area contributed by atoms with Crippen molar-refractivity contribution in [2.75, 3.05) is 5.75 Å². The first-order valence-corrected chi connectivity index (χ1v) is 5.53. The van der Waals surface area contributed by atoms with Crippen LogP contribution in [0.3, 0.4) is 0 Å². The van der Waals surface area contributed by atoms with Crippen LogP contribution in [0.15, 0.2) is 30.3 Å². The number of carbonyl (C=O) groups excluding carboxylic acids is 1. The van der Waals surface area contributed by atoms with Gasteiger partial charge in [-0.15, -0.1) is 0 Å². The van der Waals surface area contributed by atoms with Crippen molar-refractivity contribution in [2.24, 2.45) is 0 Å². The van der Waals surface area contributed by atoms with E-state index in [1.807, 2.05) is 18.2 Å². The lowest BCUT2D eigenvalue weighted by molar-refractivity contribution is -0.109. The highest BCUT2D eigenvalue weighted by Gasteiger charge is 1.90. The minimum Gasteiger partial charge on any atom is -0.288 e. The quantitative estimate of drug-likeness (QED) is 0.755. The van der Waals surface area contributed by atoms with E-state index in [1.54, 1.807) is 6.92 Å². The molecule has 2 heteroatoms. The molecule has 14 heavy (non-hydrogen) atoms. The van der Waals surface area contributed by atoms with E-state index in [9.17, 15) is 4.79 Å². The molecule has 0 unspecified atom stereocenters. The first-order valence-electron chi connectivity index (χ1n) is 4.55. The van der Waals surface area contributed by atoms with Crippen LogP contribution in [0.25, 0.3) is 6.08 Å². The summed E-state index contributed by atoms with van der Waals surface area (Å²) < 4.78 is 0. The number of rotatable bonds is 3. The molecule has 74 valence electrons. The average molecular weight is 206 g/mol. The number of carbonyl (C=O) groups is 1. The lowest BCUT2D eigenvalue weighted by atomic mass is 10.1. The lowest BCUT2D eigenvalue weighted by Crippen LogP contribution is -1.81. The number of hydrogen-bond acceptors (Lipinski definition) is 2. The van der Waals surface area contributed by atoms with Gasteiger partial charge in [-0.25, -0.2) is 0 Å². The molecule has 0 aliphatic heterocycles. The second-order valence-corrected chi connectivity index (χ2v) is 4.32. The summed E-state index contributed by atoms with van der Waals surface area (Å²) in [6.07, 6.45) is 4.06. The van der Waals surface area contributed by atoms with Crippen LogP contribution in [0, 0.1) is 6.92 Å². The number of thioether (sulfide) groups is 1. The van der Waals surface area contributed by atoms with E-state index in [4.69, 9.17) is 0 Å². The van der Waals surface area contributed by atoms with E-state index in [0.717, 1.165) is 5.75 Å². The van der Waals surface area contributed by atoms with Crippen molar-refractivity contribution in [2.45, 2.75) is 13.8 Å². The van der Waals surface area contributed by atoms with Crippen molar-refractivity contribution < 1.29 is 4.79 Å². The van der Waals surface area contributed by atoms with Crippen LogP contribution in [-0.4, -0.2) is 10.9 Å². The Hall–Kier alpha value is -1.02. The van der Waals surface area contributed by atoms with Crippen LogP contribution < -0.4 is 0 Å². The second kappa shape index (κ2) is 5.66. The predicted octanol–water partition coefficient (Wildman–Crippen LogP) is 3.29. The maximum Gasteiger partial charge on any atom is 0.186 e. The minimum absolute atomic E-state index is 0.166. The van der Waals surface area contributed by atoms with Crippen LogP contribution in [0.5, 0.6) is 0 Å². The van der Waals surface area contributed by atoms with Crippen molar-refractivity contribution in [3.8, 4) is 0 Å². The fourth-order valence-electron chi connectivity index (χ4n) is 1.12. The smallest absolute Gasteiger partial charge is 0.186 e. The largest absolute Gasteiger partial charge is 0.288 e. The standard InChI is InChI=1S/C12H14OS/c1-10-5-3-6-12(9-10)7-4-8-14-11(2)13/h3-7,9H,8H2,1-2H3. The highest BCUT2D eigenvalue weighted by molar-refractivity contribution is 8.13. The van der Waals surface area contributed by atoms with Crippen LogP contribution in [0.4, 0.5) is 0 Å². The third kappa shape index (κ3) is 4.28. The number of benzene rings is 1. The molecule has 0 aromatic heterocycles. The third-order valence-electron chi connectivity index (χ3n) is 1.74. The van der Waals surface area contributed by atoms with Gasteiger partial charge in [0.2, 0.25) is 0 Å². The molecule has 0 aliphatic carbocycles. The van der Waals surface area contributed by atoms with E-state index in [1.165, 1.54) is 22.9 Å². The zero-order valence-corrected chi connectivity index (χ0v) is 9.30. The van der Waals surface area contributed by atoms with E-state index >= 15 is 0 Å². The number of aryl methyl sites for hydroxylation is 1. The summed E-state index contributed by atoms with van der Waals surface area (Å²) in [7, 11) is 0. The summed E-state index contributed by atoms with van der Waals surface area (Å²) in [6.45, 7) is 3.66. The van der Waals surface area contributed by atoms with Crippen LogP contribution >= 0.6 is 11.8 Å². The molecule has 0 N–H and O–H groups in total. The molecular formula is C12H14OS. The van der Waals surface area contributed by atoms with Crippen LogP contribution in [-0.2, 0) is 4.79 Å². The SMILES string of the molecule is CC(=O)SCC=Cc1cccc(C)c1. The molecule has 0 saturated carbocycles. The van der Waals surface area contributed by atoms with Gasteiger partial charge in [0.15, 0.2) is 5.12 Å². The monoisotopic (exact) mass is 206 g/mol. The normalized spacial score (nSPS) is 10.7. The number of hydrogen-bond donors (Lipinski definition) is 0. The van der Waals surface area contributed by atoms with Crippen molar-refractivity contribution in [1.29, 1.82) is 0 Å². The van der Waals surface area contributed by atoms with Gasteiger partial charge in [0.1, 0.15) is 0 Å². The van der Waals surface area contributed by atoms with Crippen molar-refractivity contribution >= 4 is 23.0 Å². The van der Waals surface area contributed by atoms with Crippen LogP contribution in [0.2, 0.25) is 0 Å². The Bertz CT molecular complexity index is 342. The highest BCUT2D eigenvalue weighted by Crippen LogP contribution is 2.07. The van der Waals surface area contributed by atoms with Gasteiger partial charge in [-0.1, -0.05) is 53.7 Å². The molecule has 1 nitrogen and oxygen atoms in total. The van der Waals surface area contributed by atoms with Crippen molar-refractivity contribution in [3.05, 3.63) is 41.5 Å². The molecule has 0 heterocycles. The zero-order chi connectivity index (χ0) is 10.4. The van der Waals surface area contributed by atoms with Gasteiger partial charge >= 0.3 is 0 Å². The fourth-order valence-corrected chi connectivity index (χ4v) is 1.55. The molecule has 0 fully saturated rings. The van der Waals surface area contributed by atoms with Gasteiger partial charge in [0, 0.05) is 12.7 Å². The Kier molecular flexibility index (Phi) is 4.47. The minimum atomic E-state index is 0.166. The highest BCUT2D eigenvalue weighted by atomic mass is 32.2. The Morgan fingerprint density at radius 1 is 1.50 bits per heavy atom. The Balaban J connectivity index is 2.47. The molecule has 1 aromatic carbocycles. The van der Waals surface area contributed by atoms with E-state index in [0.29, 0.717) is 0 Å². The summed E-state index contributed by atoms with van der Waals surface area (Å²) in [5, 5.41) is 0.166. The molecule has 1 rings (SSSR count). The molecular weight excluding hydrogens is 192 g/mol. The summed E-state index contributed by atoms with van der Waals surface area (Å²) in [5.74, 6) is 0.753. The first-order chi connectivity index (χ1) is 6.68. The Labute approximate surface area is 89.2 Å². The van der Waals surface area contributed by atoms with Gasteiger partial charge in [0.05, 0.1) is 0 Å². The average Bonchev–Trinajstić information content (AvgIpc) is 2.12. The maximum atomic E-state index is 10.6. The second-order valence-electron chi connectivity index (χ2n) is 3.12. The summed E-state index contributed by atoms with van der Waals surface area (Å²) in [4.78, 5) is 10.6. The third-order valence-corrected chi connectivity index (χ3v) is 2.50. The molecule has 0 aliphatic rings. The van der Waals surface area contributed by atoms with E-state index < -0.39 is 0 Å². The maximum absolute atomic E-state index is 10.6. The van der Waals surface area contributed by atoms with Crippen molar-refractivity contribution in [3.63, 3.8) is 0 Å². The van der Waals surface area contributed by atoms with Crippen molar-refractivity contribution in [1.82, 2.24) is 0 Å². The van der Waals surface area contributed by atoms with E-state index in [2.05, 4.69) is 25.1 Å². The van der Waals surface area contributed by atoms with Gasteiger partial charge < -0.3 is 0 Å². The van der Waals surface area contributed by atoms with Gasteiger partial charge in [-0.2, -0.15) is 0 Å². The molecule has 1 aromatic rings. The first kappa shape index (κ1) is 11.1.